The molecule has 8 heteroatoms. The molecule has 0 bridgehead atoms. The van der Waals surface area contributed by atoms with Gasteiger partial charge in [-0.3, -0.25) is 34.3 Å². The van der Waals surface area contributed by atoms with Crippen LogP contribution in [0, 0.1) is 0 Å². The molecule has 0 radical (unpaired) electrons. The Morgan fingerprint density at radius 3 is 2.59 bits per heavy atom. The number of carbonyl (C=O) groups is 4. The van der Waals surface area contributed by atoms with Crippen molar-refractivity contribution < 1.29 is 19.2 Å². The first-order valence-corrected chi connectivity index (χ1v) is 10.3. The second-order valence-electron chi connectivity index (χ2n) is 8.02. The van der Waals surface area contributed by atoms with Gasteiger partial charge in [-0.1, -0.05) is 12.5 Å². The van der Waals surface area contributed by atoms with Gasteiger partial charge in [-0.2, -0.15) is 0 Å². The van der Waals surface area contributed by atoms with Crippen molar-refractivity contribution in [1.29, 1.82) is 0 Å². The van der Waals surface area contributed by atoms with Crippen LogP contribution in [0.25, 0.3) is 0 Å². The number of hydrogen-bond donors (Lipinski definition) is 2. The Morgan fingerprint density at radius 1 is 1.03 bits per heavy atom. The van der Waals surface area contributed by atoms with Crippen LogP contribution in [-0.4, -0.2) is 58.6 Å². The first-order chi connectivity index (χ1) is 14.0. The van der Waals surface area contributed by atoms with Gasteiger partial charge in [0, 0.05) is 19.0 Å². The zero-order valence-corrected chi connectivity index (χ0v) is 16.4. The smallest absolute Gasteiger partial charge is 0.262 e. The van der Waals surface area contributed by atoms with Crippen LogP contribution < -0.4 is 11.1 Å². The maximum absolute atomic E-state index is 13.0. The van der Waals surface area contributed by atoms with Crippen LogP contribution in [-0.2, 0) is 16.1 Å². The molecule has 0 spiro atoms. The van der Waals surface area contributed by atoms with Crippen molar-refractivity contribution in [1.82, 2.24) is 15.1 Å². The molecule has 2 atom stereocenters. The lowest BCUT2D eigenvalue weighted by Gasteiger charge is -2.35. The van der Waals surface area contributed by atoms with Gasteiger partial charge in [0.15, 0.2) is 0 Å². The van der Waals surface area contributed by atoms with Crippen molar-refractivity contribution in [2.75, 3.05) is 13.1 Å². The molecule has 3 aliphatic rings. The van der Waals surface area contributed by atoms with Gasteiger partial charge >= 0.3 is 0 Å². The summed E-state index contributed by atoms with van der Waals surface area (Å²) < 4.78 is 0. The summed E-state index contributed by atoms with van der Waals surface area (Å²) in [4.78, 5) is 52.7. The highest BCUT2D eigenvalue weighted by molar-refractivity contribution is 6.23. The van der Waals surface area contributed by atoms with Gasteiger partial charge in [-0.15, -0.1) is 0 Å². The van der Waals surface area contributed by atoms with E-state index in [1.807, 2.05) is 6.07 Å². The Labute approximate surface area is 169 Å². The topological polar surface area (TPSA) is 113 Å². The molecule has 2 saturated heterocycles. The number of amides is 4. The number of hydrogen-bond acceptors (Lipinski definition) is 6. The minimum atomic E-state index is -0.931. The fraction of sp³-hybridized carbons (Fsp3) is 0.524. The highest BCUT2D eigenvalue weighted by Gasteiger charge is 2.44. The number of piperidine rings is 2. The Bertz CT molecular complexity index is 866. The Hall–Kier alpha value is -2.58. The number of fused-ring (bicyclic) bond motifs is 1. The number of nitrogens with two attached hydrogens (primary N) is 1. The molecule has 1 aromatic carbocycles. The number of benzene rings is 1. The highest BCUT2D eigenvalue weighted by Crippen LogP contribution is 2.29. The van der Waals surface area contributed by atoms with E-state index < -0.39 is 23.8 Å². The zero-order chi connectivity index (χ0) is 20.5. The third-order valence-electron chi connectivity index (χ3n) is 6.14. The average molecular weight is 398 g/mol. The number of carbonyl (C=O) groups excluding carboxylic acids is 4. The van der Waals surface area contributed by atoms with E-state index in [1.54, 1.807) is 12.1 Å². The Kier molecular flexibility index (Phi) is 5.47. The first kappa shape index (κ1) is 19.7. The molecular formula is C21H26N4O4. The van der Waals surface area contributed by atoms with E-state index in [2.05, 4.69) is 10.2 Å². The molecule has 0 saturated carbocycles. The van der Waals surface area contributed by atoms with Crippen molar-refractivity contribution in [2.24, 2.45) is 5.73 Å². The number of nitrogens with zero attached hydrogens (tertiary/aromatic N) is 2. The molecule has 29 heavy (non-hydrogen) atoms. The molecule has 4 amide bonds. The normalized spacial score (nSPS) is 25.3. The molecule has 8 nitrogen and oxygen atoms in total. The molecular weight excluding hydrogens is 372 g/mol. The molecule has 0 aliphatic carbocycles. The maximum Gasteiger partial charge on any atom is 0.262 e. The molecule has 3 aliphatic heterocycles. The van der Waals surface area contributed by atoms with Crippen molar-refractivity contribution in [3.8, 4) is 0 Å². The zero-order valence-electron chi connectivity index (χ0n) is 16.4. The van der Waals surface area contributed by atoms with Gasteiger partial charge in [0.2, 0.25) is 11.8 Å². The van der Waals surface area contributed by atoms with Gasteiger partial charge in [0.05, 0.1) is 11.1 Å². The predicted octanol–water partition coefficient (Wildman–Crippen LogP) is 0.791. The average Bonchev–Trinajstić information content (AvgIpc) is 2.94. The number of imide groups is 2. The fourth-order valence-electron chi connectivity index (χ4n) is 4.64. The van der Waals surface area contributed by atoms with Gasteiger partial charge in [0.25, 0.3) is 11.8 Å². The van der Waals surface area contributed by atoms with Gasteiger partial charge < -0.3 is 5.73 Å². The summed E-state index contributed by atoms with van der Waals surface area (Å²) in [6, 6.07) is 4.85. The van der Waals surface area contributed by atoms with Crippen molar-refractivity contribution in [2.45, 2.75) is 57.2 Å². The van der Waals surface area contributed by atoms with Crippen molar-refractivity contribution >= 4 is 23.6 Å². The second kappa shape index (κ2) is 8.04. The van der Waals surface area contributed by atoms with Crippen LogP contribution in [0.1, 0.15) is 64.8 Å². The summed E-state index contributed by atoms with van der Waals surface area (Å²) in [7, 11) is 0. The van der Waals surface area contributed by atoms with Gasteiger partial charge in [0.1, 0.15) is 6.04 Å². The summed E-state index contributed by atoms with van der Waals surface area (Å²) in [5.41, 5.74) is 7.39. The maximum atomic E-state index is 13.0. The number of likely N-dealkylation sites (tertiary alicyclic amines) is 1. The van der Waals surface area contributed by atoms with E-state index in [9.17, 15) is 19.2 Å². The minimum absolute atomic E-state index is 0.118. The summed E-state index contributed by atoms with van der Waals surface area (Å²) in [6.07, 6.45) is 4.71. The SMILES string of the molecule is NCCC1CCCCN1Cc1ccc2c(c1)C(=O)N(C1CCC(=O)NC1=O)C2=O. The molecule has 3 N–H and O–H groups in total. The quantitative estimate of drug-likeness (QED) is 0.709. The summed E-state index contributed by atoms with van der Waals surface area (Å²) >= 11 is 0. The van der Waals surface area contributed by atoms with Crippen molar-refractivity contribution in [3.63, 3.8) is 0 Å². The third kappa shape index (κ3) is 3.70. The Morgan fingerprint density at radius 2 is 1.83 bits per heavy atom. The standard InChI is InChI=1S/C21H26N4O4/c22-9-8-14-3-1-2-10-24(14)12-13-4-5-15-16(11-13)21(29)25(20(15)28)17-6-7-18(26)23-19(17)27/h4-5,11,14,17H,1-3,6-10,12,22H2,(H,23,26,27). The largest absolute Gasteiger partial charge is 0.330 e. The number of nitrogens with one attached hydrogen (secondary N) is 1. The number of rotatable bonds is 5. The molecule has 2 fully saturated rings. The molecule has 1 aromatic rings. The lowest BCUT2D eigenvalue weighted by atomic mass is 9.98. The summed E-state index contributed by atoms with van der Waals surface area (Å²) in [5, 5.41) is 2.22. The van der Waals surface area contributed by atoms with Crippen LogP contribution >= 0.6 is 0 Å². The highest BCUT2D eigenvalue weighted by atomic mass is 16.2. The van der Waals surface area contributed by atoms with Crippen LogP contribution in [0.3, 0.4) is 0 Å². The molecule has 3 heterocycles. The molecule has 2 unspecified atom stereocenters. The predicted molar refractivity (Wildman–Crippen MR) is 105 cm³/mol. The van der Waals surface area contributed by atoms with E-state index in [0.29, 0.717) is 30.3 Å². The van der Waals surface area contributed by atoms with E-state index in [4.69, 9.17) is 5.73 Å². The summed E-state index contributed by atoms with van der Waals surface area (Å²) in [5.74, 6) is -1.89. The Balaban J connectivity index is 1.54. The second-order valence-corrected chi connectivity index (χ2v) is 8.02. The summed E-state index contributed by atoms with van der Waals surface area (Å²) in [6.45, 7) is 2.36. The lowest BCUT2D eigenvalue weighted by molar-refractivity contribution is -0.136. The minimum Gasteiger partial charge on any atom is -0.330 e. The van der Waals surface area contributed by atoms with E-state index in [0.717, 1.165) is 36.3 Å². The van der Waals surface area contributed by atoms with Crippen LogP contribution in [0.4, 0.5) is 0 Å². The molecule has 0 aromatic heterocycles. The fourth-order valence-corrected chi connectivity index (χ4v) is 4.64. The van der Waals surface area contributed by atoms with E-state index in [1.165, 1.54) is 6.42 Å². The monoisotopic (exact) mass is 398 g/mol. The van der Waals surface area contributed by atoms with Crippen LogP contribution in [0.5, 0.6) is 0 Å². The van der Waals surface area contributed by atoms with Crippen LogP contribution in [0.2, 0.25) is 0 Å². The van der Waals surface area contributed by atoms with Crippen LogP contribution in [0.15, 0.2) is 18.2 Å². The van der Waals surface area contributed by atoms with E-state index >= 15 is 0 Å². The first-order valence-electron chi connectivity index (χ1n) is 10.3. The molecule has 154 valence electrons. The van der Waals surface area contributed by atoms with Gasteiger partial charge in [-0.05, 0) is 56.5 Å². The van der Waals surface area contributed by atoms with Gasteiger partial charge in [-0.25, -0.2) is 0 Å². The van der Waals surface area contributed by atoms with E-state index in [-0.39, 0.29) is 18.7 Å². The lowest BCUT2D eigenvalue weighted by Crippen LogP contribution is -2.54. The third-order valence-corrected chi connectivity index (χ3v) is 6.14. The molecule has 4 rings (SSSR count). The van der Waals surface area contributed by atoms with Crippen molar-refractivity contribution in [3.05, 3.63) is 34.9 Å².